The summed E-state index contributed by atoms with van der Waals surface area (Å²) >= 11 is 0. The molecular formula is C15H15N. The quantitative estimate of drug-likeness (QED) is 0.740. The molecule has 0 bridgehead atoms. The molecule has 0 saturated carbocycles. The van der Waals surface area contributed by atoms with Crippen LogP contribution in [0.25, 0.3) is 22.4 Å². The fraction of sp³-hybridized carbons (Fsp3) is 0.0667. The van der Waals surface area contributed by atoms with Crippen molar-refractivity contribution < 1.29 is 0 Å². The van der Waals surface area contributed by atoms with Gasteiger partial charge in [0.1, 0.15) is 0 Å². The van der Waals surface area contributed by atoms with Gasteiger partial charge in [0.2, 0.25) is 0 Å². The van der Waals surface area contributed by atoms with Crippen LogP contribution >= 0.6 is 0 Å². The van der Waals surface area contributed by atoms with Crippen molar-refractivity contribution in [2.24, 2.45) is 0 Å². The lowest BCUT2D eigenvalue weighted by Gasteiger charge is -2.08. The Morgan fingerprint density at radius 3 is 2.62 bits per heavy atom. The van der Waals surface area contributed by atoms with Gasteiger partial charge in [-0.25, -0.2) is 0 Å². The number of hydrogen-bond donors (Lipinski definition) is 1. The molecule has 0 unspecified atom stereocenters. The highest BCUT2D eigenvalue weighted by Gasteiger charge is 2.03. The van der Waals surface area contributed by atoms with Crippen LogP contribution in [0.5, 0.6) is 0 Å². The first-order valence-corrected chi connectivity index (χ1v) is 5.24. The first-order valence-electron chi connectivity index (χ1n) is 5.24. The second-order valence-corrected chi connectivity index (χ2v) is 3.99. The first kappa shape index (κ1) is 10.5. The van der Waals surface area contributed by atoms with Gasteiger partial charge in [-0.2, -0.15) is 0 Å². The molecule has 0 heterocycles. The van der Waals surface area contributed by atoms with Gasteiger partial charge < -0.3 is 5.73 Å². The summed E-state index contributed by atoms with van der Waals surface area (Å²) in [6, 6.07) is 10.2. The Bertz CT molecular complexity index is 579. The van der Waals surface area contributed by atoms with Crippen molar-refractivity contribution in [3.05, 3.63) is 54.6 Å². The minimum absolute atomic E-state index is 0.769. The molecule has 0 fully saturated rings. The number of anilines is 1. The molecule has 0 saturated heterocycles. The third kappa shape index (κ3) is 1.61. The Morgan fingerprint density at radius 1 is 1.25 bits per heavy atom. The Labute approximate surface area is 95.9 Å². The van der Waals surface area contributed by atoms with Crippen molar-refractivity contribution in [3.63, 3.8) is 0 Å². The first-order chi connectivity index (χ1) is 7.63. The number of allylic oxidation sites excluding steroid dienone is 1. The Balaban J connectivity index is 2.78. The standard InChI is InChI=1S/C15H15N/c1-4-13-14-7-5-11(10(2)3)9-12(14)6-8-15(13)16/h4-9H,1-2,16H2,3H3. The Kier molecular flexibility index (Phi) is 2.53. The van der Waals surface area contributed by atoms with Crippen LogP contribution < -0.4 is 5.73 Å². The van der Waals surface area contributed by atoms with Crippen LogP contribution in [0, 0.1) is 0 Å². The molecule has 0 radical (unpaired) electrons. The van der Waals surface area contributed by atoms with Crippen molar-refractivity contribution in [1.82, 2.24) is 0 Å². The molecule has 0 amide bonds. The van der Waals surface area contributed by atoms with Gasteiger partial charge in [0.05, 0.1) is 0 Å². The maximum absolute atomic E-state index is 5.91. The monoisotopic (exact) mass is 209 g/mol. The average Bonchev–Trinajstić information content (AvgIpc) is 2.28. The van der Waals surface area contributed by atoms with Crippen LogP contribution in [0.1, 0.15) is 18.1 Å². The molecule has 1 heteroatoms. The third-order valence-electron chi connectivity index (χ3n) is 2.79. The molecule has 1 nitrogen and oxygen atoms in total. The Hall–Kier alpha value is -2.02. The molecule has 0 spiro atoms. The van der Waals surface area contributed by atoms with E-state index in [1.807, 2.05) is 19.1 Å². The summed E-state index contributed by atoms with van der Waals surface area (Å²) in [5.74, 6) is 0. The lowest BCUT2D eigenvalue weighted by molar-refractivity contribution is 1.61. The predicted octanol–water partition coefficient (Wildman–Crippen LogP) is 4.10. The average molecular weight is 209 g/mol. The lowest BCUT2D eigenvalue weighted by Crippen LogP contribution is -1.90. The van der Waals surface area contributed by atoms with E-state index in [1.165, 1.54) is 5.39 Å². The van der Waals surface area contributed by atoms with Gasteiger partial charge in [-0.1, -0.05) is 43.0 Å². The molecule has 0 aliphatic heterocycles. The fourth-order valence-electron chi connectivity index (χ4n) is 1.86. The van der Waals surface area contributed by atoms with Gasteiger partial charge >= 0.3 is 0 Å². The highest BCUT2D eigenvalue weighted by Crippen LogP contribution is 2.27. The van der Waals surface area contributed by atoms with Gasteiger partial charge in [-0.3, -0.25) is 0 Å². The zero-order valence-corrected chi connectivity index (χ0v) is 9.46. The van der Waals surface area contributed by atoms with E-state index in [4.69, 9.17) is 5.73 Å². The summed E-state index contributed by atoms with van der Waals surface area (Å²) in [6.07, 6.45) is 1.80. The summed E-state index contributed by atoms with van der Waals surface area (Å²) in [5, 5.41) is 2.31. The van der Waals surface area contributed by atoms with Gasteiger partial charge in [0.25, 0.3) is 0 Å². The van der Waals surface area contributed by atoms with E-state index in [0.29, 0.717) is 0 Å². The zero-order valence-electron chi connectivity index (χ0n) is 9.46. The van der Waals surface area contributed by atoms with Gasteiger partial charge in [0.15, 0.2) is 0 Å². The minimum Gasteiger partial charge on any atom is -0.398 e. The number of benzene rings is 2. The summed E-state index contributed by atoms with van der Waals surface area (Å²) in [6.45, 7) is 9.76. The van der Waals surface area contributed by atoms with Crippen LogP contribution in [0.2, 0.25) is 0 Å². The van der Waals surface area contributed by atoms with E-state index in [2.05, 4.69) is 31.4 Å². The second kappa shape index (κ2) is 3.86. The van der Waals surface area contributed by atoms with E-state index in [0.717, 1.165) is 27.8 Å². The number of hydrogen-bond acceptors (Lipinski definition) is 1. The molecule has 0 aliphatic carbocycles. The SMILES string of the molecule is C=Cc1c(N)ccc2cc(C(=C)C)ccc12. The molecule has 80 valence electrons. The molecule has 2 aromatic rings. The van der Waals surface area contributed by atoms with Gasteiger partial charge in [-0.05, 0) is 35.4 Å². The highest BCUT2D eigenvalue weighted by atomic mass is 14.6. The van der Waals surface area contributed by atoms with Gasteiger partial charge in [-0.15, -0.1) is 0 Å². The fourth-order valence-corrected chi connectivity index (χ4v) is 1.86. The molecule has 2 rings (SSSR count). The van der Waals surface area contributed by atoms with Crippen LogP contribution in [0.4, 0.5) is 5.69 Å². The Morgan fingerprint density at radius 2 is 2.00 bits per heavy atom. The van der Waals surface area contributed by atoms with Crippen LogP contribution in [0.15, 0.2) is 43.5 Å². The summed E-state index contributed by atoms with van der Waals surface area (Å²) < 4.78 is 0. The van der Waals surface area contributed by atoms with Crippen molar-refractivity contribution >= 4 is 28.1 Å². The molecule has 0 atom stereocenters. The maximum atomic E-state index is 5.91. The smallest absolute Gasteiger partial charge is 0.0393 e. The van der Waals surface area contributed by atoms with Crippen molar-refractivity contribution in [2.45, 2.75) is 6.92 Å². The van der Waals surface area contributed by atoms with E-state index in [1.54, 1.807) is 6.08 Å². The van der Waals surface area contributed by atoms with Gasteiger partial charge in [0, 0.05) is 11.3 Å². The van der Waals surface area contributed by atoms with Crippen LogP contribution in [0.3, 0.4) is 0 Å². The van der Waals surface area contributed by atoms with Crippen molar-refractivity contribution in [1.29, 1.82) is 0 Å². The summed E-state index contributed by atoms with van der Waals surface area (Å²) in [7, 11) is 0. The number of rotatable bonds is 2. The van der Waals surface area contributed by atoms with Crippen LogP contribution in [-0.4, -0.2) is 0 Å². The topological polar surface area (TPSA) is 26.0 Å². The van der Waals surface area contributed by atoms with E-state index in [9.17, 15) is 0 Å². The normalized spacial score (nSPS) is 10.3. The molecular weight excluding hydrogens is 194 g/mol. The zero-order chi connectivity index (χ0) is 11.7. The molecule has 16 heavy (non-hydrogen) atoms. The number of nitrogens with two attached hydrogens (primary N) is 1. The molecule has 2 aromatic carbocycles. The van der Waals surface area contributed by atoms with E-state index >= 15 is 0 Å². The maximum Gasteiger partial charge on any atom is 0.0393 e. The summed E-state index contributed by atoms with van der Waals surface area (Å²) in [4.78, 5) is 0. The van der Waals surface area contributed by atoms with Crippen LogP contribution in [-0.2, 0) is 0 Å². The largest absolute Gasteiger partial charge is 0.398 e. The number of fused-ring (bicyclic) bond motifs is 1. The minimum atomic E-state index is 0.769. The highest BCUT2D eigenvalue weighted by molar-refractivity contribution is 5.96. The lowest BCUT2D eigenvalue weighted by atomic mass is 9.98. The molecule has 2 N–H and O–H groups in total. The molecule has 0 aromatic heterocycles. The van der Waals surface area contributed by atoms with Crippen molar-refractivity contribution in [3.8, 4) is 0 Å². The summed E-state index contributed by atoms with van der Waals surface area (Å²) in [5.41, 5.74) is 9.91. The van der Waals surface area contributed by atoms with Crippen molar-refractivity contribution in [2.75, 3.05) is 5.73 Å². The van der Waals surface area contributed by atoms with E-state index < -0.39 is 0 Å². The molecule has 0 aliphatic rings. The number of nitrogen functional groups attached to an aromatic ring is 1. The second-order valence-electron chi connectivity index (χ2n) is 3.99. The predicted molar refractivity (Wildman–Crippen MR) is 73.2 cm³/mol. The third-order valence-corrected chi connectivity index (χ3v) is 2.79. The van der Waals surface area contributed by atoms with E-state index in [-0.39, 0.29) is 0 Å².